The van der Waals surface area contributed by atoms with Crippen LogP contribution in [-0.4, -0.2) is 8.97 Å². The number of pyridine rings is 2. The molecule has 4 heterocycles. The van der Waals surface area contributed by atoms with Gasteiger partial charge in [0.2, 0.25) is 0 Å². The van der Waals surface area contributed by atoms with Crippen LogP contribution < -0.4 is 10.9 Å². The van der Waals surface area contributed by atoms with Crippen LogP contribution in [0.4, 0.5) is 0 Å². The second kappa shape index (κ2) is 10.5. The molecule has 1 spiro atoms. The monoisotopic (exact) mass is 736 g/mol. The highest BCUT2D eigenvalue weighted by Crippen LogP contribution is 2.61. The van der Waals surface area contributed by atoms with Crippen molar-refractivity contribution < 1.29 is 0 Å². The number of hydrogen-bond acceptors (Lipinski definition) is 2. The molecule has 7 aromatic carbocycles. The lowest BCUT2D eigenvalue weighted by atomic mass is 9.65. The molecule has 0 radical (unpaired) electrons. The molecule has 2 aliphatic rings. The Labute approximate surface area is 329 Å². The van der Waals surface area contributed by atoms with Gasteiger partial charge in [-0.3, -0.25) is 9.59 Å². The minimum absolute atomic E-state index is 0.0480. The number of aromatic nitrogens is 2. The highest BCUT2D eigenvalue weighted by atomic mass is 16.1. The van der Waals surface area contributed by atoms with Gasteiger partial charge < -0.3 is 8.97 Å². The predicted molar refractivity (Wildman–Crippen MR) is 236 cm³/mol. The summed E-state index contributed by atoms with van der Waals surface area (Å²) in [6.07, 6.45) is 0. The molecule has 4 nitrogen and oxygen atoms in total. The molecule has 274 valence electrons. The van der Waals surface area contributed by atoms with Crippen molar-refractivity contribution in [3.63, 3.8) is 0 Å². The van der Waals surface area contributed by atoms with Crippen LogP contribution in [-0.2, 0) is 16.2 Å². The second-order valence-electron chi connectivity index (χ2n) is 18.4. The van der Waals surface area contributed by atoms with Crippen LogP contribution >= 0.6 is 0 Å². The second-order valence-corrected chi connectivity index (χ2v) is 18.4. The van der Waals surface area contributed by atoms with Crippen LogP contribution in [0.5, 0.6) is 0 Å². The van der Waals surface area contributed by atoms with Crippen molar-refractivity contribution in [3.05, 3.63) is 187 Å². The van der Waals surface area contributed by atoms with E-state index in [0.29, 0.717) is 27.1 Å². The van der Waals surface area contributed by atoms with Gasteiger partial charge in [-0.1, -0.05) is 139 Å². The topological polar surface area (TPSA) is 43.5 Å². The predicted octanol–water partition coefficient (Wildman–Crippen LogP) is 11.9. The van der Waals surface area contributed by atoms with E-state index >= 15 is 9.59 Å². The van der Waals surface area contributed by atoms with E-state index in [-0.39, 0.29) is 21.7 Å². The van der Waals surface area contributed by atoms with Gasteiger partial charge in [-0.15, -0.1) is 0 Å². The van der Waals surface area contributed by atoms with Crippen LogP contribution in [0.1, 0.15) is 74.9 Å². The summed E-state index contributed by atoms with van der Waals surface area (Å²) in [7, 11) is 0. The lowest BCUT2D eigenvalue weighted by Crippen LogP contribution is -2.34. The summed E-state index contributed by atoms with van der Waals surface area (Å²) in [5.41, 5.74) is 13.8. The Morgan fingerprint density at radius 1 is 0.439 bits per heavy atom. The third-order valence-corrected chi connectivity index (χ3v) is 13.3. The van der Waals surface area contributed by atoms with E-state index in [1.807, 2.05) is 42.5 Å². The van der Waals surface area contributed by atoms with E-state index in [0.717, 1.165) is 49.7 Å². The maximum Gasteiger partial charge on any atom is 0.199 e. The van der Waals surface area contributed by atoms with E-state index in [1.54, 1.807) is 0 Å². The average molecular weight is 737 g/mol. The molecule has 0 fully saturated rings. The molecular weight excluding hydrogens is 697 g/mol. The van der Waals surface area contributed by atoms with Crippen molar-refractivity contribution in [1.82, 2.24) is 8.97 Å². The SMILES string of the molecule is CC(C)(C)c1ccc2c(c1)-c1cc(C(C)(C)C)ccc1C21c2cccc3c(=O)c4cc5c6ccccc6n(-c6ccccc6)c5c5c(=O)c6cccc1c6n(c23)c45. The molecule has 3 aromatic heterocycles. The van der Waals surface area contributed by atoms with Crippen molar-refractivity contribution >= 4 is 59.9 Å². The maximum absolute atomic E-state index is 15.7. The van der Waals surface area contributed by atoms with Crippen LogP contribution in [0.25, 0.3) is 76.7 Å². The Morgan fingerprint density at radius 3 is 1.58 bits per heavy atom. The number of benzene rings is 7. The normalized spacial score (nSPS) is 14.4. The van der Waals surface area contributed by atoms with Crippen molar-refractivity contribution in [2.24, 2.45) is 0 Å². The quantitative estimate of drug-likeness (QED) is 0.124. The van der Waals surface area contributed by atoms with Crippen LogP contribution in [0.3, 0.4) is 0 Å². The molecule has 1 aliphatic heterocycles. The molecule has 57 heavy (non-hydrogen) atoms. The Kier molecular flexibility index (Phi) is 6.00. The van der Waals surface area contributed by atoms with Gasteiger partial charge >= 0.3 is 0 Å². The molecule has 0 unspecified atom stereocenters. The van der Waals surface area contributed by atoms with Gasteiger partial charge in [-0.25, -0.2) is 0 Å². The maximum atomic E-state index is 15.7. The zero-order chi connectivity index (χ0) is 38.9. The lowest BCUT2D eigenvalue weighted by molar-refractivity contribution is 0.589. The molecule has 0 bridgehead atoms. The summed E-state index contributed by atoms with van der Waals surface area (Å²) in [4.78, 5) is 30.9. The summed E-state index contributed by atoms with van der Waals surface area (Å²) in [5.74, 6) is 0. The first-order chi connectivity index (χ1) is 27.4. The van der Waals surface area contributed by atoms with E-state index in [9.17, 15) is 0 Å². The number of hydrogen-bond donors (Lipinski definition) is 0. The van der Waals surface area contributed by atoms with Crippen molar-refractivity contribution in [1.29, 1.82) is 0 Å². The van der Waals surface area contributed by atoms with Crippen molar-refractivity contribution in [2.75, 3.05) is 0 Å². The van der Waals surface area contributed by atoms with E-state index in [1.165, 1.54) is 33.4 Å². The minimum Gasteiger partial charge on any atom is -0.308 e. The standard InChI is InChI=1S/C53H40N2O2/c1-51(2,3)29-22-24-39-35(26-29)36-27-30(52(4,5)6)23-25-40(36)53(39)41-19-12-17-33-45(41)55-46-34(18-13-20-42(46)53)50(57)44-47-37(28-38(48(44)55)49(33)56)32-16-10-11-21-43(32)54(47)31-14-8-7-9-15-31/h7-28H,1-6H3. The largest absolute Gasteiger partial charge is 0.308 e. The first kappa shape index (κ1) is 32.7. The van der Waals surface area contributed by atoms with Crippen molar-refractivity contribution in [2.45, 2.75) is 57.8 Å². The lowest BCUT2D eigenvalue weighted by Gasteiger charge is -2.39. The molecule has 12 rings (SSSR count). The Balaban J connectivity index is 1.34. The first-order valence-electron chi connectivity index (χ1n) is 20.0. The Hall–Kier alpha value is -6.52. The molecule has 10 aromatic rings. The summed E-state index contributed by atoms with van der Waals surface area (Å²) < 4.78 is 4.51. The van der Waals surface area contributed by atoms with Crippen LogP contribution in [0, 0.1) is 0 Å². The van der Waals surface area contributed by atoms with Gasteiger partial charge in [0.1, 0.15) is 0 Å². The number of rotatable bonds is 1. The smallest absolute Gasteiger partial charge is 0.199 e. The fourth-order valence-electron chi connectivity index (χ4n) is 10.7. The summed E-state index contributed by atoms with van der Waals surface area (Å²) >= 11 is 0. The molecule has 0 saturated heterocycles. The number of para-hydroxylation sites is 4. The molecule has 0 saturated carbocycles. The molecular formula is C53H40N2O2. The Morgan fingerprint density at radius 2 is 0.982 bits per heavy atom. The average Bonchev–Trinajstić information content (AvgIpc) is 3.69. The summed E-state index contributed by atoms with van der Waals surface area (Å²) in [6.45, 7) is 13.6. The van der Waals surface area contributed by atoms with Crippen molar-refractivity contribution in [3.8, 4) is 16.8 Å². The first-order valence-corrected chi connectivity index (χ1v) is 20.0. The van der Waals surface area contributed by atoms with Gasteiger partial charge in [-0.05, 0) is 91.7 Å². The third-order valence-electron chi connectivity index (χ3n) is 13.3. The molecule has 0 atom stereocenters. The van der Waals surface area contributed by atoms with Gasteiger partial charge in [0, 0.05) is 32.6 Å². The minimum atomic E-state index is -0.761. The fourth-order valence-corrected chi connectivity index (χ4v) is 10.7. The third kappa shape index (κ3) is 3.84. The molecule has 0 N–H and O–H groups in total. The van der Waals surface area contributed by atoms with Crippen LogP contribution in [0.15, 0.2) is 143 Å². The van der Waals surface area contributed by atoms with Gasteiger partial charge in [0.15, 0.2) is 10.9 Å². The van der Waals surface area contributed by atoms with Gasteiger partial charge in [0.05, 0.1) is 38.4 Å². The van der Waals surface area contributed by atoms with E-state index < -0.39 is 5.41 Å². The zero-order valence-electron chi connectivity index (χ0n) is 32.9. The number of nitrogens with zero attached hydrogens (tertiary/aromatic N) is 2. The summed E-state index contributed by atoms with van der Waals surface area (Å²) in [5, 5.41) is 4.38. The summed E-state index contributed by atoms with van der Waals surface area (Å²) in [6, 6.07) is 47.2. The van der Waals surface area contributed by atoms with E-state index in [4.69, 9.17) is 0 Å². The van der Waals surface area contributed by atoms with E-state index in [2.05, 4.69) is 142 Å². The molecule has 0 amide bonds. The highest BCUT2D eigenvalue weighted by Gasteiger charge is 2.51. The molecule has 1 aliphatic carbocycles. The highest BCUT2D eigenvalue weighted by molar-refractivity contribution is 6.25. The molecule has 4 heteroatoms. The fraction of sp³-hybridized carbons (Fsp3) is 0.170. The zero-order valence-corrected chi connectivity index (χ0v) is 32.9. The van der Waals surface area contributed by atoms with Gasteiger partial charge in [0.25, 0.3) is 0 Å². The van der Waals surface area contributed by atoms with Gasteiger partial charge in [-0.2, -0.15) is 0 Å². The number of fused-ring (bicyclic) bond motifs is 11. The Bertz CT molecular complexity index is 3480. The van der Waals surface area contributed by atoms with Crippen LogP contribution in [0.2, 0.25) is 0 Å².